The maximum Gasteiger partial charge on any atom is 0.343 e. The number of halogens is 2. The Bertz CT molecular complexity index is 1340. The van der Waals surface area contributed by atoms with Crippen LogP contribution in [0, 0.1) is 6.92 Å². The number of nitrogens with zero attached hydrogens (tertiary/aromatic N) is 1. The van der Waals surface area contributed by atoms with Crippen molar-refractivity contribution in [3.8, 4) is 11.5 Å². The average Bonchev–Trinajstić information content (AvgIpc) is 3.02. The quantitative estimate of drug-likeness (QED) is 0.282. The molecule has 172 valence electrons. The molecule has 0 saturated heterocycles. The molecule has 0 unspecified atom stereocenters. The lowest BCUT2D eigenvalue weighted by molar-refractivity contribution is -0.120. The second-order valence-electron chi connectivity index (χ2n) is 7.36. The van der Waals surface area contributed by atoms with E-state index < -0.39 is 17.8 Å². The van der Waals surface area contributed by atoms with Gasteiger partial charge in [0.2, 0.25) is 0 Å². The molecule has 0 saturated carbocycles. The number of benzene rings is 3. The topological polar surface area (TPSA) is 84.9 Å². The maximum absolute atomic E-state index is 13.0. The van der Waals surface area contributed by atoms with E-state index in [1.807, 2.05) is 13.0 Å². The predicted octanol–water partition coefficient (Wildman–Crippen LogP) is 5.31. The van der Waals surface area contributed by atoms with Crippen molar-refractivity contribution in [2.75, 3.05) is 17.3 Å². The summed E-state index contributed by atoms with van der Waals surface area (Å²) in [6.07, 6.45) is 0. The summed E-state index contributed by atoms with van der Waals surface area (Å²) in [7, 11) is 1.41. The highest BCUT2D eigenvalue weighted by atomic mass is 35.5. The van der Waals surface area contributed by atoms with Crippen LogP contribution >= 0.6 is 23.2 Å². The number of ether oxygens (including phenoxy) is 2. The Hall–Kier alpha value is -3.81. The lowest BCUT2D eigenvalue weighted by Gasteiger charge is -2.18. The van der Waals surface area contributed by atoms with Gasteiger partial charge in [0.15, 0.2) is 0 Å². The molecule has 1 aliphatic heterocycles. The first-order chi connectivity index (χ1) is 16.3. The number of amides is 2. The Morgan fingerprint density at radius 3 is 2.35 bits per heavy atom. The van der Waals surface area contributed by atoms with Gasteiger partial charge >= 0.3 is 5.97 Å². The van der Waals surface area contributed by atoms with Crippen LogP contribution in [-0.2, 0) is 9.59 Å². The number of nitrogens with one attached hydrogen (secondary N) is 1. The van der Waals surface area contributed by atoms with Gasteiger partial charge in [-0.05, 0) is 67.1 Å². The van der Waals surface area contributed by atoms with Crippen LogP contribution in [0.5, 0.6) is 11.5 Å². The first-order valence-corrected chi connectivity index (χ1v) is 10.8. The van der Waals surface area contributed by atoms with E-state index in [1.165, 1.54) is 25.3 Å². The second kappa shape index (κ2) is 9.59. The molecule has 0 fully saturated rings. The fourth-order valence-corrected chi connectivity index (χ4v) is 3.73. The van der Waals surface area contributed by atoms with Gasteiger partial charge in [-0.25, -0.2) is 9.69 Å². The number of aryl methyl sites for hydroxylation is 1. The van der Waals surface area contributed by atoms with Crippen molar-refractivity contribution in [3.05, 3.63) is 93.6 Å². The predicted molar refractivity (Wildman–Crippen MR) is 130 cm³/mol. The summed E-state index contributed by atoms with van der Waals surface area (Å²) in [5.74, 6) is -1.18. The minimum atomic E-state index is -0.715. The molecule has 0 atom stereocenters. The van der Waals surface area contributed by atoms with Crippen molar-refractivity contribution in [2.45, 2.75) is 6.92 Å². The largest absolute Gasteiger partial charge is 0.495 e. The van der Waals surface area contributed by atoms with Crippen LogP contribution in [-0.4, -0.2) is 24.9 Å². The standard InChI is InChI=1S/C25H18Cl2N2O5/c1-14-4-3-5-18(12-14)34-25(32)15-6-9-17(10-7-15)28-22-21(27)23(30)29(24(22)31)19-13-16(26)8-11-20(19)33-2/h3-13,28H,1-2H3. The van der Waals surface area contributed by atoms with Crippen molar-refractivity contribution in [1.82, 2.24) is 0 Å². The molecule has 1 heterocycles. The SMILES string of the molecule is COc1ccc(Cl)cc1N1C(=O)C(Cl)=C(Nc2ccc(C(=O)Oc3cccc(C)c3)cc2)C1=O. The first kappa shape index (κ1) is 23.4. The maximum atomic E-state index is 13.0. The monoisotopic (exact) mass is 496 g/mol. The minimum Gasteiger partial charge on any atom is -0.495 e. The molecule has 9 heteroatoms. The third-order valence-corrected chi connectivity index (χ3v) is 5.58. The van der Waals surface area contributed by atoms with Crippen LogP contribution in [0.4, 0.5) is 11.4 Å². The molecule has 34 heavy (non-hydrogen) atoms. The zero-order valence-corrected chi connectivity index (χ0v) is 19.6. The van der Waals surface area contributed by atoms with Crippen LogP contribution in [0.2, 0.25) is 5.02 Å². The molecular formula is C25H18Cl2N2O5. The highest BCUT2D eigenvalue weighted by Crippen LogP contribution is 2.37. The number of anilines is 2. The summed E-state index contributed by atoms with van der Waals surface area (Å²) < 4.78 is 10.6. The van der Waals surface area contributed by atoms with Gasteiger partial charge in [0.1, 0.15) is 22.2 Å². The van der Waals surface area contributed by atoms with Gasteiger partial charge in [0.25, 0.3) is 11.8 Å². The third-order valence-electron chi connectivity index (χ3n) is 5.00. The van der Waals surface area contributed by atoms with Gasteiger partial charge in [0.05, 0.1) is 18.4 Å². The number of hydrogen-bond acceptors (Lipinski definition) is 6. The summed E-state index contributed by atoms with van der Waals surface area (Å²) in [4.78, 5) is 39.1. The Morgan fingerprint density at radius 1 is 0.941 bits per heavy atom. The van der Waals surface area contributed by atoms with Gasteiger partial charge in [-0.1, -0.05) is 35.3 Å². The number of methoxy groups -OCH3 is 1. The molecule has 1 aliphatic rings. The summed E-state index contributed by atoms with van der Waals surface area (Å²) in [6, 6.07) is 17.9. The summed E-state index contributed by atoms with van der Waals surface area (Å²) >= 11 is 12.2. The normalized spacial score (nSPS) is 13.4. The molecular weight excluding hydrogens is 479 g/mol. The number of carbonyl (C=O) groups is 3. The number of carbonyl (C=O) groups excluding carboxylic acids is 3. The Labute approximate surface area is 205 Å². The van der Waals surface area contributed by atoms with Crippen LogP contribution in [0.15, 0.2) is 77.5 Å². The first-order valence-electron chi connectivity index (χ1n) is 10.1. The number of imide groups is 1. The Kier molecular flexibility index (Phi) is 6.58. The number of esters is 1. The molecule has 0 bridgehead atoms. The highest BCUT2D eigenvalue weighted by Gasteiger charge is 2.40. The summed E-state index contributed by atoms with van der Waals surface area (Å²) in [6.45, 7) is 1.90. The lowest BCUT2D eigenvalue weighted by atomic mass is 10.2. The molecule has 0 aliphatic carbocycles. The van der Waals surface area contributed by atoms with E-state index in [4.69, 9.17) is 32.7 Å². The minimum absolute atomic E-state index is 0.108. The molecule has 2 amide bonds. The molecule has 1 N–H and O–H groups in total. The van der Waals surface area contributed by atoms with Crippen molar-refractivity contribution < 1.29 is 23.9 Å². The van der Waals surface area contributed by atoms with E-state index in [-0.39, 0.29) is 22.2 Å². The second-order valence-corrected chi connectivity index (χ2v) is 8.17. The van der Waals surface area contributed by atoms with Crippen molar-refractivity contribution in [3.63, 3.8) is 0 Å². The smallest absolute Gasteiger partial charge is 0.343 e. The molecule has 3 aromatic rings. The van der Waals surface area contributed by atoms with E-state index >= 15 is 0 Å². The lowest BCUT2D eigenvalue weighted by Crippen LogP contribution is -2.32. The van der Waals surface area contributed by atoms with Crippen LogP contribution in [0.25, 0.3) is 0 Å². The molecule has 0 aromatic heterocycles. The van der Waals surface area contributed by atoms with Crippen molar-refractivity contribution in [1.29, 1.82) is 0 Å². The molecule has 0 radical (unpaired) electrons. The molecule has 4 rings (SSSR count). The molecule has 3 aromatic carbocycles. The number of hydrogen-bond donors (Lipinski definition) is 1. The Balaban J connectivity index is 1.51. The summed E-state index contributed by atoms with van der Waals surface area (Å²) in [5.41, 5.74) is 1.79. The highest BCUT2D eigenvalue weighted by molar-refractivity contribution is 6.53. The molecule has 7 nitrogen and oxygen atoms in total. The van der Waals surface area contributed by atoms with Gasteiger partial charge < -0.3 is 14.8 Å². The van der Waals surface area contributed by atoms with Crippen molar-refractivity contribution in [2.24, 2.45) is 0 Å². The van der Waals surface area contributed by atoms with E-state index in [0.29, 0.717) is 22.0 Å². The van der Waals surface area contributed by atoms with Crippen molar-refractivity contribution >= 4 is 52.4 Å². The van der Waals surface area contributed by atoms with E-state index in [1.54, 1.807) is 42.5 Å². The third kappa shape index (κ3) is 4.62. The average molecular weight is 497 g/mol. The van der Waals surface area contributed by atoms with Gasteiger partial charge in [-0.15, -0.1) is 0 Å². The fourth-order valence-electron chi connectivity index (χ4n) is 3.35. The number of rotatable bonds is 6. The fraction of sp³-hybridized carbons (Fsp3) is 0.0800. The van der Waals surface area contributed by atoms with E-state index in [2.05, 4.69) is 5.32 Å². The molecule has 0 spiro atoms. The summed E-state index contributed by atoms with van der Waals surface area (Å²) in [5, 5.41) is 2.89. The Morgan fingerprint density at radius 2 is 1.68 bits per heavy atom. The zero-order chi connectivity index (χ0) is 24.4. The van der Waals surface area contributed by atoms with Crippen LogP contribution < -0.4 is 19.7 Å². The van der Waals surface area contributed by atoms with Gasteiger partial charge in [-0.3, -0.25) is 9.59 Å². The zero-order valence-electron chi connectivity index (χ0n) is 18.1. The van der Waals surface area contributed by atoms with Gasteiger partial charge in [0, 0.05) is 10.7 Å². The van der Waals surface area contributed by atoms with E-state index in [9.17, 15) is 14.4 Å². The van der Waals surface area contributed by atoms with Crippen LogP contribution in [0.3, 0.4) is 0 Å². The van der Waals surface area contributed by atoms with E-state index in [0.717, 1.165) is 10.5 Å². The van der Waals surface area contributed by atoms with Gasteiger partial charge in [-0.2, -0.15) is 0 Å². The van der Waals surface area contributed by atoms with Crippen LogP contribution in [0.1, 0.15) is 15.9 Å².